The molecule has 0 bridgehead atoms. The third-order valence-corrected chi connectivity index (χ3v) is 4.67. The van der Waals surface area contributed by atoms with Crippen molar-refractivity contribution in [2.24, 2.45) is 0 Å². The number of hydrogen-bond donors (Lipinski definition) is 0. The molecule has 2 heterocycles. The van der Waals surface area contributed by atoms with Crippen LogP contribution in [0.15, 0.2) is 42.5 Å². The molecule has 0 atom stereocenters. The van der Waals surface area contributed by atoms with Crippen molar-refractivity contribution in [3.63, 3.8) is 0 Å². The van der Waals surface area contributed by atoms with Gasteiger partial charge in [0.1, 0.15) is 16.5 Å². The summed E-state index contributed by atoms with van der Waals surface area (Å²) < 4.78 is 5.64. The van der Waals surface area contributed by atoms with Gasteiger partial charge in [0.15, 0.2) is 0 Å². The zero-order valence-corrected chi connectivity index (χ0v) is 14.6. The van der Waals surface area contributed by atoms with Crippen LogP contribution in [0.5, 0.6) is 11.5 Å². The molecule has 10 heteroatoms. The topological polar surface area (TPSA) is 116 Å². The maximum Gasteiger partial charge on any atom is 0.269 e. The highest BCUT2D eigenvalue weighted by Crippen LogP contribution is 2.33. The Morgan fingerprint density at radius 1 is 1.00 bits per heavy atom. The Balaban J connectivity index is 1.62. The van der Waals surface area contributed by atoms with Crippen LogP contribution in [0.1, 0.15) is 25.7 Å². The Kier molecular flexibility index (Phi) is 3.89. The smallest absolute Gasteiger partial charge is 0.269 e. The van der Waals surface area contributed by atoms with E-state index in [2.05, 4.69) is 10.2 Å². The Bertz CT molecular complexity index is 1090. The minimum Gasteiger partial charge on any atom is -0.457 e. The van der Waals surface area contributed by atoms with Crippen molar-refractivity contribution in [1.29, 1.82) is 0 Å². The summed E-state index contributed by atoms with van der Waals surface area (Å²) in [4.78, 5) is 36.4. The highest BCUT2D eigenvalue weighted by molar-refractivity contribution is 7.15. The third-order valence-electron chi connectivity index (χ3n) is 3.85. The fraction of sp³-hybridized carbons (Fsp3) is 0.0588. The molecule has 2 amide bonds. The summed E-state index contributed by atoms with van der Waals surface area (Å²) in [6, 6.07) is 10.1. The highest BCUT2D eigenvalue weighted by atomic mass is 32.1. The lowest BCUT2D eigenvalue weighted by atomic mass is 10.1. The number of imide groups is 1. The fourth-order valence-electron chi connectivity index (χ4n) is 2.61. The van der Waals surface area contributed by atoms with Crippen LogP contribution in [0.4, 0.5) is 10.8 Å². The lowest BCUT2D eigenvalue weighted by Crippen LogP contribution is -2.29. The molecule has 1 aromatic heterocycles. The number of hydrogen-bond acceptors (Lipinski definition) is 8. The molecular formula is C17H10N4O5S. The van der Waals surface area contributed by atoms with Gasteiger partial charge >= 0.3 is 0 Å². The van der Waals surface area contributed by atoms with E-state index in [1.165, 1.54) is 36.4 Å². The summed E-state index contributed by atoms with van der Waals surface area (Å²) in [5.41, 5.74) is 0.399. The number of aryl methyl sites for hydroxylation is 1. The summed E-state index contributed by atoms with van der Waals surface area (Å²) in [5.74, 6) is -0.263. The van der Waals surface area contributed by atoms with Gasteiger partial charge in [-0.1, -0.05) is 11.3 Å². The van der Waals surface area contributed by atoms with Crippen LogP contribution in [0, 0.1) is 17.0 Å². The number of aromatic nitrogens is 2. The third kappa shape index (κ3) is 2.91. The number of rotatable bonds is 4. The molecule has 0 fully saturated rings. The number of nitro groups is 1. The van der Waals surface area contributed by atoms with Gasteiger partial charge in [0.05, 0.1) is 16.1 Å². The van der Waals surface area contributed by atoms with Crippen LogP contribution >= 0.6 is 11.3 Å². The number of amides is 2. The van der Waals surface area contributed by atoms with Gasteiger partial charge in [-0.2, -0.15) is 0 Å². The first kappa shape index (κ1) is 16.8. The van der Waals surface area contributed by atoms with E-state index in [0.717, 1.165) is 16.2 Å². The van der Waals surface area contributed by atoms with E-state index < -0.39 is 16.7 Å². The van der Waals surface area contributed by atoms with Crippen LogP contribution in [0.3, 0.4) is 0 Å². The Labute approximate surface area is 156 Å². The molecule has 3 aromatic rings. The largest absolute Gasteiger partial charge is 0.457 e. The minimum atomic E-state index is -0.507. The molecular weight excluding hydrogens is 372 g/mol. The van der Waals surface area contributed by atoms with Crippen LogP contribution in [-0.4, -0.2) is 26.9 Å². The fourth-order valence-corrected chi connectivity index (χ4v) is 3.29. The maximum absolute atomic E-state index is 12.7. The molecule has 0 spiro atoms. The van der Waals surface area contributed by atoms with Gasteiger partial charge in [-0.15, -0.1) is 10.2 Å². The van der Waals surface area contributed by atoms with E-state index in [1.54, 1.807) is 13.0 Å². The zero-order chi connectivity index (χ0) is 19.1. The molecule has 9 nitrogen and oxygen atoms in total. The zero-order valence-electron chi connectivity index (χ0n) is 13.8. The molecule has 0 saturated heterocycles. The molecule has 0 radical (unpaired) electrons. The molecule has 0 aliphatic carbocycles. The van der Waals surface area contributed by atoms with Crippen molar-refractivity contribution in [2.75, 3.05) is 4.90 Å². The van der Waals surface area contributed by atoms with Gasteiger partial charge < -0.3 is 4.74 Å². The van der Waals surface area contributed by atoms with E-state index in [-0.39, 0.29) is 21.9 Å². The number of non-ortho nitro benzene ring substituents is 1. The average Bonchev–Trinajstić information content (AvgIpc) is 3.17. The number of carbonyl (C=O) groups excluding carboxylic acids is 2. The van der Waals surface area contributed by atoms with Crippen LogP contribution < -0.4 is 9.64 Å². The minimum absolute atomic E-state index is 0.0555. The summed E-state index contributed by atoms with van der Waals surface area (Å²) >= 11 is 1.15. The van der Waals surface area contributed by atoms with E-state index in [0.29, 0.717) is 16.5 Å². The van der Waals surface area contributed by atoms with Gasteiger partial charge in [-0.3, -0.25) is 19.7 Å². The second-order valence-corrected chi connectivity index (χ2v) is 6.77. The first-order valence-corrected chi connectivity index (χ1v) is 8.51. The second kappa shape index (κ2) is 6.25. The normalized spacial score (nSPS) is 13.0. The standard InChI is InChI=1S/C17H10N4O5S/c1-9-18-19-17(27-9)20-15(22)13-7-6-12(8-14(13)16(20)23)26-11-4-2-10(3-5-11)21(24)25/h2-8H,1H3. The molecule has 0 unspecified atom stereocenters. The maximum atomic E-state index is 12.7. The molecule has 4 rings (SSSR count). The van der Waals surface area contributed by atoms with Crippen molar-refractivity contribution in [1.82, 2.24) is 10.2 Å². The molecule has 27 heavy (non-hydrogen) atoms. The molecule has 0 saturated carbocycles. The number of carbonyl (C=O) groups is 2. The van der Waals surface area contributed by atoms with Crippen LogP contribution in [-0.2, 0) is 0 Å². The van der Waals surface area contributed by atoms with Gasteiger partial charge in [0.2, 0.25) is 5.13 Å². The van der Waals surface area contributed by atoms with Gasteiger partial charge in [0, 0.05) is 12.1 Å². The van der Waals surface area contributed by atoms with Crippen molar-refractivity contribution in [2.45, 2.75) is 6.92 Å². The number of fused-ring (bicyclic) bond motifs is 1. The van der Waals surface area contributed by atoms with Crippen LogP contribution in [0.2, 0.25) is 0 Å². The molecule has 0 N–H and O–H groups in total. The lowest BCUT2D eigenvalue weighted by molar-refractivity contribution is -0.384. The van der Waals surface area contributed by atoms with E-state index in [4.69, 9.17) is 4.74 Å². The highest BCUT2D eigenvalue weighted by Gasteiger charge is 2.38. The summed E-state index contributed by atoms with van der Waals surface area (Å²) in [6.07, 6.45) is 0. The number of nitrogens with zero attached hydrogens (tertiary/aromatic N) is 4. The quantitative estimate of drug-likeness (QED) is 0.386. The Morgan fingerprint density at radius 3 is 2.30 bits per heavy atom. The van der Waals surface area contributed by atoms with Crippen molar-refractivity contribution < 1.29 is 19.2 Å². The van der Waals surface area contributed by atoms with Gasteiger partial charge in [-0.25, -0.2) is 4.90 Å². The second-order valence-electron chi connectivity index (χ2n) is 5.61. The molecule has 134 valence electrons. The lowest BCUT2D eigenvalue weighted by Gasteiger charge is -2.07. The number of benzene rings is 2. The van der Waals surface area contributed by atoms with E-state index >= 15 is 0 Å². The number of anilines is 1. The number of ether oxygens (including phenoxy) is 1. The monoisotopic (exact) mass is 382 g/mol. The molecule has 1 aliphatic heterocycles. The molecule has 1 aliphatic rings. The van der Waals surface area contributed by atoms with E-state index in [1.807, 2.05) is 0 Å². The predicted octanol–water partition coefficient (Wildman–Crippen LogP) is 3.35. The summed E-state index contributed by atoms with van der Waals surface area (Å²) in [7, 11) is 0. The average molecular weight is 382 g/mol. The van der Waals surface area contributed by atoms with Crippen molar-refractivity contribution in [3.8, 4) is 11.5 Å². The predicted molar refractivity (Wildman–Crippen MR) is 95.4 cm³/mol. The van der Waals surface area contributed by atoms with Gasteiger partial charge in [0.25, 0.3) is 17.5 Å². The Morgan fingerprint density at radius 2 is 1.67 bits per heavy atom. The van der Waals surface area contributed by atoms with Crippen molar-refractivity contribution >= 4 is 34.0 Å². The Hall–Kier alpha value is -3.66. The van der Waals surface area contributed by atoms with Crippen molar-refractivity contribution in [3.05, 3.63) is 68.7 Å². The SMILES string of the molecule is Cc1nnc(N2C(=O)c3ccc(Oc4ccc([N+](=O)[O-])cc4)cc3C2=O)s1. The first-order valence-electron chi connectivity index (χ1n) is 7.69. The number of nitro benzene ring substituents is 1. The molecule has 2 aromatic carbocycles. The summed E-state index contributed by atoms with van der Waals surface area (Å²) in [6.45, 7) is 1.73. The van der Waals surface area contributed by atoms with E-state index in [9.17, 15) is 19.7 Å². The van der Waals surface area contributed by atoms with Gasteiger partial charge in [-0.05, 0) is 37.3 Å². The summed E-state index contributed by atoms with van der Waals surface area (Å²) in [5, 5.41) is 19.3. The van der Waals surface area contributed by atoms with Crippen LogP contribution in [0.25, 0.3) is 0 Å². The first-order chi connectivity index (χ1) is 12.9.